The summed E-state index contributed by atoms with van der Waals surface area (Å²) in [4.78, 5) is 0. The highest BCUT2D eigenvalue weighted by atomic mass is 35.5. The number of ether oxygens (including phenoxy) is 1. The summed E-state index contributed by atoms with van der Waals surface area (Å²) in [5, 5.41) is 0.147. The minimum atomic E-state index is 0. The van der Waals surface area contributed by atoms with Crippen molar-refractivity contribution in [1.29, 1.82) is 0 Å². The highest BCUT2D eigenvalue weighted by Crippen LogP contribution is 2.27. The molecule has 2 nitrogen and oxygen atoms in total. The predicted molar refractivity (Wildman–Crippen MR) is 79.3 cm³/mol. The number of rotatable bonds is 4. The molecule has 0 aromatic heterocycles. The smallest absolute Gasteiger partial charge is 0.118 e. The number of methoxy groups -OCH3 is 1. The molecule has 1 unspecified atom stereocenters. The van der Waals surface area contributed by atoms with E-state index in [0.717, 1.165) is 12.2 Å². The van der Waals surface area contributed by atoms with E-state index in [4.69, 9.17) is 10.5 Å². The van der Waals surface area contributed by atoms with Crippen molar-refractivity contribution in [3.63, 3.8) is 0 Å². The molecule has 0 aliphatic rings. The molecule has 98 valence electrons. The molecule has 0 spiro atoms. The fourth-order valence-electron chi connectivity index (χ4n) is 1.49. The van der Waals surface area contributed by atoms with Gasteiger partial charge in [-0.25, -0.2) is 0 Å². The van der Waals surface area contributed by atoms with Crippen molar-refractivity contribution < 1.29 is 4.74 Å². The molecule has 4 heteroatoms. The van der Waals surface area contributed by atoms with Gasteiger partial charge < -0.3 is 10.5 Å². The molecule has 0 fully saturated rings. The summed E-state index contributed by atoms with van der Waals surface area (Å²) in [5.41, 5.74) is 7.35. The van der Waals surface area contributed by atoms with Crippen molar-refractivity contribution in [2.45, 2.75) is 37.3 Å². The van der Waals surface area contributed by atoms with Gasteiger partial charge >= 0.3 is 0 Å². The zero-order chi connectivity index (χ0) is 12.2. The van der Waals surface area contributed by atoms with Gasteiger partial charge in [-0.05, 0) is 24.1 Å². The molecule has 0 aliphatic heterocycles. The van der Waals surface area contributed by atoms with E-state index in [2.05, 4.69) is 32.9 Å². The van der Waals surface area contributed by atoms with Crippen LogP contribution >= 0.6 is 24.2 Å². The molecule has 1 rings (SSSR count). The van der Waals surface area contributed by atoms with Crippen LogP contribution in [-0.4, -0.2) is 17.2 Å². The van der Waals surface area contributed by atoms with Gasteiger partial charge in [-0.3, -0.25) is 0 Å². The molecule has 0 amide bonds. The largest absolute Gasteiger partial charge is 0.497 e. The Morgan fingerprint density at radius 3 is 2.18 bits per heavy atom. The SMILES string of the molecule is COc1ccc(CC(N)SC(C)(C)C)cc1.Cl. The summed E-state index contributed by atoms with van der Waals surface area (Å²) in [7, 11) is 1.68. The minimum absolute atomic E-state index is 0. The molecule has 1 atom stereocenters. The molecule has 0 heterocycles. The second kappa shape index (κ2) is 7.14. The summed E-state index contributed by atoms with van der Waals surface area (Å²) < 4.78 is 5.33. The lowest BCUT2D eigenvalue weighted by Crippen LogP contribution is -2.25. The van der Waals surface area contributed by atoms with E-state index in [-0.39, 0.29) is 22.5 Å². The lowest BCUT2D eigenvalue weighted by atomic mass is 10.1. The first-order chi connectivity index (χ1) is 7.40. The minimum Gasteiger partial charge on any atom is -0.497 e. The summed E-state index contributed by atoms with van der Waals surface area (Å²) >= 11 is 1.81. The van der Waals surface area contributed by atoms with Crippen LogP contribution in [-0.2, 0) is 6.42 Å². The van der Waals surface area contributed by atoms with Crippen molar-refractivity contribution in [1.82, 2.24) is 0 Å². The van der Waals surface area contributed by atoms with Crippen molar-refractivity contribution in [3.8, 4) is 5.75 Å². The van der Waals surface area contributed by atoms with Gasteiger partial charge in [0.15, 0.2) is 0 Å². The Balaban J connectivity index is 0.00000256. The van der Waals surface area contributed by atoms with Crippen molar-refractivity contribution in [2.24, 2.45) is 5.73 Å². The average Bonchev–Trinajstić information content (AvgIpc) is 2.16. The highest BCUT2D eigenvalue weighted by molar-refractivity contribution is 8.01. The van der Waals surface area contributed by atoms with Crippen LogP contribution in [0.5, 0.6) is 5.75 Å². The Bertz CT molecular complexity index is 321. The molecular weight excluding hydrogens is 254 g/mol. The Hall–Kier alpha value is -0.380. The van der Waals surface area contributed by atoms with Crippen molar-refractivity contribution in [2.75, 3.05) is 7.11 Å². The average molecular weight is 276 g/mol. The van der Waals surface area contributed by atoms with Crippen LogP contribution < -0.4 is 10.5 Å². The molecular formula is C13H22ClNOS. The number of nitrogens with two attached hydrogens (primary N) is 1. The number of hydrogen-bond acceptors (Lipinski definition) is 3. The number of halogens is 1. The molecule has 0 bridgehead atoms. The molecule has 0 saturated heterocycles. The van der Waals surface area contributed by atoms with Crippen LogP contribution in [0.3, 0.4) is 0 Å². The molecule has 0 aliphatic carbocycles. The zero-order valence-electron chi connectivity index (χ0n) is 10.9. The van der Waals surface area contributed by atoms with Crippen LogP contribution in [0.15, 0.2) is 24.3 Å². The fraction of sp³-hybridized carbons (Fsp3) is 0.538. The Labute approximate surface area is 115 Å². The Morgan fingerprint density at radius 1 is 1.24 bits per heavy atom. The van der Waals surface area contributed by atoms with Crippen LogP contribution in [0.25, 0.3) is 0 Å². The normalized spacial score (nSPS) is 12.8. The molecule has 0 saturated carbocycles. The van der Waals surface area contributed by atoms with Gasteiger partial charge in [0, 0.05) is 4.75 Å². The van der Waals surface area contributed by atoms with Gasteiger partial charge in [-0.15, -0.1) is 24.2 Å². The second-order valence-corrected chi connectivity index (χ2v) is 6.89. The third kappa shape index (κ3) is 6.81. The third-order valence-corrected chi connectivity index (χ3v) is 3.28. The maximum atomic E-state index is 6.09. The molecule has 0 radical (unpaired) electrons. The second-order valence-electron chi connectivity index (χ2n) is 4.82. The maximum absolute atomic E-state index is 6.09. The number of benzene rings is 1. The topological polar surface area (TPSA) is 35.2 Å². The van der Waals surface area contributed by atoms with Crippen molar-refractivity contribution >= 4 is 24.2 Å². The Kier molecular flexibility index (Phi) is 6.98. The molecule has 2 N–H and O–H groups in total. The third-order valence-electron chi connectivity index (χ3n) is 2.10. The zero-order valence-corrected chi connectivity index (χ0v) is 12.5. The summed E-state index contributed by atoms with van der Waals surface area (Å²) in [6.45, 7) is 6.56. The summed E-state index contributed by atoms with van der Waals surface area (Å²) in [5.74, 6) is 0.890. The van der Waals surface area contributed by atoms with Gasteiger partial charge in [-0.2, -0.15) is 0 Å². The first-order valence-corrected chi connectivity index (χ1v) is 6.35. The monoisotopic (exact) mass is 275 g/mol. The van der Waals surface area contributed by atoms with E-state index in [1.165, 1.54) is 5.56 Å². The first kappa shape index (κ1) is 16.6. The fourth-order valence-corrected chi connectivity index (χ4v) is 2.67. The van der Waals surface area contributed by atoms with Crippen LogP contribution in [0, 0.1) is 0 Å². The van der Waals surface area contributed by atoms with E-state index in [9.17, 15) is 0 Å². The summed E-state index contributed by atoms with van der Waals surface area (Å²) in [6.07, 6.45) is 0.895. The quantitative estimate of drug-likeness (QED) is 0.855. The van der Waals surface area contributed by atoms with E-state index >= 15 is 0 Å². The number of thioether (sulfide) groups is 1. The lowest BCUT2D eigenvalue weighted by Gasteiger charge is -2.22. The van der Waals surface area contributed by atoms with E-state index in [1.807, 2.05) is 23.9 Å². The van der Waals surface area contributed by atoms with Gasteiger partial charge in [0.1, 0.15) is 5.75 Å². The van der Waals surface area contributed by atoms with Crippen LogP contribution in [0.2, 0.25) is 0 Å². The van der Waals surface area contributed by atoms with E-state index in [1.54, 1.807) is 7.11 Å². The molecule has 1 aromatic carbocycles. The van der Waals surface area contributed by atoms with E-state index < -0.39 is 0 Å². The Morgan fingerprint density at radius 2 is 1.76 bits per heavy atom. The van der Waals surface area contributed by atoms with Crippen LogP contribution in [0.1, 0.15) is 26.3 Å². The standard InChI is InChI=1S/C13H21NOS.ClH/c1-13(2,3)16-12(14)9-10-5-7-11(15-4)8-6-10;/h5-8,12H,9,14H2,1-4H3;1H. The predicted octanol–water partition coefficient (Wildman–Crippen LogP) is 3.48. The van der Waals surface area contributed by atoms with Gasteiger partial charge in [0.05, 0.1) is 12.5 Å². The number of hydrogen-bond donors (Lipinski definition) is 1. The summed E-state index contributed by atoms with van der Waals surface area (Å²) in [6, 6.07) is 8.09. The van der Waals surface area contributed by atoms with Crippen molar-refractivity contribution in [3.05, 3.63) is 29.8 Å². The van der Waals surface area contributed by atoms with Gasteiger partial charge in [0.2, 0.25) is 0 Å². The highest BCUT2D eigenvalue weighted by Gasteiger charge is 2.16. The molecule has 1 aromatic rings. The van der Waals surface area contributed by atoms with E-state index in [0.29, 0.717) is 0 Å². The molecule has 17 heavy (non-hydrogen) atoms. The lowest BCUT2D eigenvalue weighted by molar-refractivity contribution is 0.414. The van der Waals surface area contributed by atoms with Crippen LogP contribution in [0.4, 0.5) is 0 Å². The maximum Gasteiger partial charge on any atom is 0.118 e. The van der Waals surface area contributed by atoms with Gasteiger partial charge in [-0.1, -0.05) is 32.9 Å². The van der Waals surface area contributed by atoms with Gasteiger partial charge in [0.25, 0.3) is 0 Å². The first-order valence-electron chi connectivity index (χ1n) is 5.47.